The third-order valence-corrected chi connectivity index (χ3v) is 1.54. The van der Waals surface area contributed by atoms with Crippen molar-refractivity contribution in [2.45, 2.75) is 6.42 Å². The second-order valence-electron chi connectivity index (χ2n) is 2.71. The maximum atomic E-state index is 11.0. The molecule has 1 amide bonds. The van der Waals surface area contributed by atoms with Gasteiger partial charge in [-0.05, 0) is 6.07 Å². The minimum atomic E-state index is -1.17. The average molecular weight is 210 g/mol. The minimum Gasteiger partial charge on any atom is -0.481 e. The van der Waals surface area contributed by atoms with E-state index in [9.17, 15) is 9.59 Å². The van der Waals surface area contributed by atoms with Crippen molar-refractivity contribution in [1.82, 2.24) is 4.98 Å². The van der Waals surface area contributed by atoms with Crippen molar-refractivity contribution in [2.24, 2.45) is 0 Å². The van der Waals surface area contributed by atoms with E-state index in [-0.39, 0.29) is 0 Å². The molecule has 6 nitrogen and oxygen atoms in total. The van der Waals surface area contributed by atoms with Crippen LogP contribution in [0.25, 0.3) is 0 Å². The van der Waals surface area contributed by atoms with Gasteiger partial charge in [0.2, 0.25) is 11.8 Å². The lowest BCUT2D eigenvalue weighted by Gasteiger charge is -2.03. The number of nitrogens with one attached hydrogen (secondary N) is 1. The summed E-state index contributed by atoms with van der Waals surface area (Å²) in [6, 6.07) is 3.14. The topological polar surface area (TPSA) is 88.5 Å². The van der Waals surface area contributed by atoms with Crippen LogP contribution in [0.1, 0.15) is 6.42 Å². The van der Waals surface area contributed by atoms with Gasteiger partial charge in [0, 0.05) is 6.07 Å². The Kier molecular flexibility index (Phi) is 3.61. The number of aromatic nitrogens is 1. The summed E-state index contributed by atoms with van der Waals surface area (Å²) in [6.07, 6.45) is 0.824. The molecule has 1 rings (SSSR count). The molecule has 0 aliphatic heterocycles. The normalized spacial score (nSPS) is 9.40. The number of rotatable bonds is 4. The minimum absolute atomic E-state index is 0.422. The zero-order valence-electron chi connectivity index (χ0n) is 8.06. The SMILES string of the molecule is COc1ccc(NC(=O)CC(=O)O)cn1. The van der Waals surface area contributed by atoms with Crippen molar-refractivity contribution in [2.75, 3.05) is 12.4 Å². The molecule has 0 fully saturated rings. The van der Waals surface area contributed by atoms with Crippen LogP contribution in [-0.4, -0.2) is 29.1 Å². The monoisotopic (exact) mass is 210 g/mol. The standard InChI is InChI=1S/C9H10N2O4/c1-15-8-3-2-6(5-10-8)11-7(12)4-9(13)14/h2-3,5H,4H2,1H3,(H,11,12)(H,13,14). The van der Waals surface area contributed by atoms with Crippen LogP contribution in [-0.2, 0) is 9.59 Å². The fraction of sp³-hybridized carbons (Fsp3) is 0.222. The third-order valence-electron chi connectivity index (χ3n) is 1.54. The first-order chi connectivity index (χ1) is 7.11. The number of methoxy groups -OCH3 is 1. The van der Waals surface area contributed by atoms with E-state index < -0.39 is 18.3 Å². The van der Waals surface area contributed by atoms with Crippen LogP contribution in [0.2, 0.25) is 0 Å². The van der Waals surface area contributed by atoms with Gasteiger partial charge in [-0.2, -0.15) is 0 Å². The van der Waals surface area contributed by atoms with Crippen LogP contribution in [0.15, 0.2) is 18.3 Å². The average Bonchev–Trinajstić information content (AvgIpc) is 2.17. The van der Waals surface area contributed by atoms with Crippen LogP contribution >= 0.6 is 0 Å². The summed E-state index contributed by atoms with van der Waals surface area (Å²) in [6.45, 7) is 0. The molecule has 0 unspecified atom stereocenters. The van der Waals surface area contributed by atoms with Gasteiger partial charge in [-0.3, -0.25) is 9.59 Å². The van der Waals surface area contributed by atoms with E-state index in [4.69, 9.17) is 9.84 Å². The Bertz CT molecular complexity index is 361. The molecular weight excluding hydrogens is 200 g/mol. The fourth-order valence-corrected chi connectivity index (χ4v) is 0.918. The Labute approximate surface area is 85.9 Å². The van der Waals surface area contributed by atoms with Gasteiger partial charge in [-0.1, -0.05) is 0 Å². The highest BCUT2D eigenvalue weighted by atomic mass is 16.5. The predicted molar refractivity (Wildman–Crippen MR) is 51.7 cm³/mol. The number of hydrogen-bond acceptors (Lipinski definition) is 4. The number of carbonyl (C=O) groups is 2. The molecule has 0 spiro atoms. The van der Waals surface area contributed by atoms with Crippen molar-refractivity contribution >= 4 is 17.6 Å². The van der Waals surface area contributed by atoms with Crippen molar-refractivity contribution in [3.63, 3.8) is 0 Å². The summed E-state index contributed by atoms with van der Waals surface area (Å²) in [7, 11) is 1.48. The highest BCUT2D eigenvalue weighted by molar-refractivity contribution is 6.01. The first-order valence-corrected chi connectivity index (χ1v) is 4.13. The van der Waals surface area contributed by atoms with Crippen LogP contribution < -0.4 is 10.1 Å². The fourth-order valence-electron chi connectivity index (χ4n) is 0.918. The zero-order chi connectivity index (χ0) is 11.3. The van der Waals surface area contributed by atoms with E-state index in [1.807, 2.05) is 0 Å². The number of hydrogen-bond donors (Lipinski definition) is 2. The van der Waals surface area contributed by atoms with Crippen molar-refractivity contribution in [1.29, 1.82) is 0 Å². The Morgan fingerprint density at radius 3 is 2.73 bits per heavy atom. The zero-order valence-corrected chi connectivity index (χ0v) is 8.06. The number of nitrogens with zero attached hydrogens (tertiary/aromatic N) is 1. The molecule has 0 aliphatic carbocycles. The molecule has 1 aromatic heterocycles. The largest absolute Gasteiger partial charge is 0.481 e. The van der Waals surface area contributed by atoms with E-state index in [0.29, 0.717) is 11.6 Å². The molecule has 80 valence electrons. The van der Waals surface area contributed by atoms with Gasteiger partial charge < -0.3 is 15.2 Å². The maximum absolute atomic E-state index is 11.0. The molecule has 15 heavy (non-hydrogen) atoms. The molecule has 0 atom stereocenters. The van der Waals surface area contributed by atoms with Crippen molar-refractivity contribution in [3.05, 3.63) is 18.3 Å². The van der Waals surface area contributed by atoms with Gasteiger partial charge in [-0.15, -0.1) is 0 Å². The Hall–Kier alpha value is -2.11. The quantitative estimate of drug-likeness (QED) is 0.706. The van der Waals surface area contributed by atoms with Gasteiger partial charge in [0.1, 0.15) is 6.42 Å². The van der Waals surface area contributed by atoms with Gasteiger partial charge in [0.15, 0.2) is 0 Å². The molecule has 0 aromatic carbocycles. The first kappa shape index (κ1) is 11.0. The summed E-state index contributed by atoms with van der Waals surface area (Å²) >= 11 is 0. The summed E-state index contributed by atoms with van der Waals surface area (Å²) < 4.78 is 4.82. The third kappa shape index (κ3) is 3.63. The Morgan fingerprint density at radius 2 is 2.27 bits per heavy atom. The number of carboxylic acid groups (broad SMARTS) is 1. The molecule has 0 saturated carbocycles. The number of aliphatic carboxylic acids is 1. The van der Waals surface area contributed by atoms with Gasteiger partial charge in [0.25, 0.3) is 0 Å². The number of anilines is 1. The first-order valence-electron chi connectivity index (χ1n) is 4.13. The molecule has 0 radical (unpaired) electrons. The Morgan fingerprint density at radius 1 is 1.53 bits per heavy atom. The summed E-state index contributed by atoms with van der Waals surface area (Å²) in [5, 5.41) is 10.7. The van der Waals surface area contributed by atoms with Gasteiger partial charge in [0.05, 0.1) is 19.0 Å². The lowest BCUT2D eigenvalue weighted by Crippen LogP contribution is -2.15. The summed E-state index contributed by atoms with van der Waals surface area (Å²) in [4.78, 5) is 25.1. The van der Waals surface area contributed by atoms with Gasteiger partial charge >= 0.3 is 5.97 Å². The number of carboxylic acids is 1. The van der Waals surface area contributed by atoms with E-state index in [1.54, 1.807) is 12.1 Å². The molecule has 1 heterocycles. The Balaban J connectivity index is 2.57. The van der Waals surface area contributed by atoms with Crippen molar-refractivity contribution < 1.29 is 19.4 Å². The van der Waals surface area contributed by atoms with E-state index >= 15 is 0 Å². The summed E-state index contributed by atoms with van der Waals surface area (Å²) in [5.41, 5.74) is 0.432. The van der Waals surface area contributed by atoms with Crippen LogP contribution in [0.4, 0.5) is 5.69 Å². The van der Waals surface area contributed by atoms with E-state index in [2.05, 4.69) is 10.3 Å². The highest BCUT2D eigenvalue weighted by Crippen LogP contribution is 2.10. The molecule has 0 saturated heterocycles. The molecule has 0 bridgehead atoms. The number of ether oxygens (including phenoxy) is 1. The lowest BCUT2D eigenvalue weighted by atomic mass is 10.3. The highest BCUT2D eigenvalue weighted by Gasteiger charge is 2.07. The van der Waals surface area contributed by atoms with Crippen LogP contribution in [0, 0.1) is 0 Å². The molecule has 0 aliphatic rings. The smallest absolute Gasteiger partial charge is 0.312 e. The number of pyridine rings is 1. The predicted octanol–water partition coefficient (Wildman–Crippen LogP) is 0.503. The number of amides is 1. The van der Waals surface area contributed by atoms with E-state index in [1.165, 1.54) is 13.3 Å². The van der Waals surface area contributed by atoms with Crippen LogP contribution in [0.5, 0.6) is 5.88 Å². The van der Waals surface area contributed by atoms with Crippen molar-refractivity contribution in [3.8, 4) is 5.88 Å². The second-order valence-corrected chi connectivity index (χ2v) is 2.71. The second kappa shape index (κ2) is 4.94. The molecule has 6 heteroatoms. The number of carbonyl (C=O) groups excluding carboxylic acids is 1. The summed E-state index contributed by atoms with van der Waals surface area (Å²) in [5.74, 6) is -1.34. The lowest BCUT2D eigenvalue weighted by molar-refractivity contribution is -0.139. The molecule has 2 N–H and O–H groups in total. The van der Waals surface area contributed by atoms with E-state index in [0.717, 1.165) is 0 Å². The van der Waals surface area contributed by atoms with Gasteiger partial charge in [-0.25, -0.2) is 4.98 Å². The maximum Gasteiger partial charge on any atom is 0.312 e. The van der Waals surface area contributed by atoms with Crippen LogP contribution in [0.3, 0.4) is 0 Å². The molecular formula is C9H10N2O4. The molecule has 1 aromatic rings.